The lowest BCUT2D eigenvalue weighted by atomic mass is 10.1. The molecule has 2 nitrogen and oxygen atoms in total. The van der Waals surface area contributed by atoms with E-state index in [-0.39, 0.29) is 0 Å². The summed E-state index contributed by atoms with van der Waals surface area (Å²) >= 11 is 0. The minimum Gasteiger partial charge on any atom is -0.492 e. The normalized spacial score (nSPS) is 20.5. The minimum absolute atomic E-state index is 0.546. The topological polar surface area (TPSA) is 21.3 Å². The lowest BCUT2D eigenvalue weighted by Gasteiger charge is -2.14. The van der Waals surface area contributed by atoms with Crippen molar-refractivity contribution in [2.75, 3.05) is 13.2 Å². The number of aryl methyl sites for hydroxylation is 2. The minimum atomic E-state index is 0.546. The van der Waals surface area contributed by atoms with E-state index in [1.807, 2.05) is 0 Å². The summed E-state index contributed by atoms with van der Waals surface area (Å²) in [4.78, 5) is 0. The zero-order valence-electron chi connectivity index (χ0n) is 9.55. The van der Waals surface area contributed by atoms with Crippen LogP contribution in [0.5, 0.6) is 5.75 Å². The van der Waals surface area contributed by atoms with Crippen molar-refractivity contribution in [2.24, 2.45) is 0 Å². The molecule has 2 heteroatoms. The molecule has 15 heavy (non-hydrogen) atoms. The lowest BCUT2D eigenvalue weighted by molar-refractivity contribution is 0.275. The molecule has 1 aromatic rings. The second-order valence-corrected chi connectivity index (χ2v) is 4.37. The van der Waals surface area contributed by atoms with E-state index in [4.69, 9.17) is 4.74 Å². The number of rotatable bonds is 3. The van der Waals surface area contributed by atoms with E-state index in [0.29, 0.717) is 6.04 Å². The number of hydrogen-bond acceptors (Lipinski definition) is 2. The van der Waals surface area contributed by atoms with Crippen molar-refractivity contribution in [3.8, 4) is 5.75 Å². The highest BCUT2D eigenvalue weighted by molar-refractivity contribution is 5.35. The Labute approximate surface area is 91.6 Å². The Bertz CT molecular complexity index is 329. The molecule has 0 spiro atoms. The first-order chi connectivity index (χ1) is 7.25. The van der Waals surface area contributed by atoms with E-state index in [1.54, 1.807) is 0 Å². The quantitative estimate of drug-likeness (QED) is 0.818. The van der Waals surface area contributed by atoms with Crippen molar-refractivity contribution in [1.29, 1.82) is 0 Å². The number of hydrogen-bond donors (Lipinski definition) is 1. The number of ether oxygens (including phenoxy) is 1. The van der Waals surface area contributed by atoms with Gasteiger partial charge in [0.2, 0.25) is 0 Å². The number of benzene rings is 1. The van der Waals surface area contributed by atoms with Crippen molar-refractivity contribution < 1.29 is 4.74 Å². The summed E-state index contributed by atoms with van der Waals surface area (Å²) in [6, 6.07) is 6.90. The average Bonchev–Trinajstić information content (AvgIpc) is 2.72. The predicted octanol–water partition coefficient (Wildman–Crippen LogP) is 2.43. The Kier molecular flexibility index (Phi) is 3.27. The lowest BCUT2D eigenvalue weighted by Crippen LogP contribution is -2.28. The SMILES string of the molecule is Cc1ccc(C)c(OC[C@H]2CCCN2)c1. The van der Waals surface area contributed by atoms with E-state index >= 15 is 0 Å². The monoisotopic (exact) mass is 205 g/mol. The van der Waals surface area contributed by atoms with E-state index in [1.165, 1.54) is 24.0 Å². The molecule has 0 bridgehead atoms. The standard InChI is InChI=1S/C13H19NO/c1-10-5-6-11(2)13(8-10)15-9-12-4-3-7-14-12/h5-6,8,12,14H,3-4,7,9H2,1-2H3/t12-/m1/s1. The van der Waals surface area contributed by atoms with Gasteiger partial charge >= 0.3 is 0 Å². The Morgan fingerprint density at radius 3 is 3.00 bits per heavy atom. The van der Waals surface area contributed by atoms with Crippen LogP contribution in [0.3, 0.4) is 0 Å². The summed E-state index contributed by atoms with van der Waals surface area (Å²) in [5.41, 5.74) is 2.48. The van der Waals surface area contributed by atoms with Crippen molar-refractivity contribution in [2.45, 2.75) is 32.7 Å². The largest absolute Gasteiger partial charge is 0.492 e. The number of nitrogens with one attached hydrogen (secondary N) is 1. The zero-order chi connectivity index (χ0) is 10.7. The van der Waals surface area contributed by atoms with E-state index in [0.717, 1.165) is 18.9 Å². The molecule has 0 radical (unpaired) electrons. The summed E-state index contributed by atoms with van der Waals surface area (Å²) in [5.74, 6) is 1.03. The van der Waals surface area contributed by atoms with Gasteiger partial charge in [-0.2, -0.15) is 0 Å². The van der Waals surface area contributed by atoms with Crippen molar-refractivity contribution in [3.05, 3.63) is 29.3 Å². The van der Waals surface area contributed by atoms with Crippen LogP contribution >= 0.6 is 0 Å². The molecular weight excluding hydrogens is 186 g/mol. The molecule has 1 heterocycles. The fourth-order valence-electron chi connectivity index (χ4n) is 1.95. The molecule has 1 fully saturated rings. The molecule has 1 saturated heterocycles. The summed E-state index contributed by atoms with van der Waals surface area (Å²) in [7, 11) is 0. The van der Waals surface area contributed by atoms with E-state index in [2.05, 4.69) is 37.4 Å². The molecule has 0 aliphatic carbocycles. The fourth-order valence-corrected chi connectivity index (χ4v) is 1.95. The van der Waals surface area contributed by atoms with Crippen LogP contribution in [0.15, 0.2) is 18.2 Å². The van der Waals surface area contributed by atoms with Gasteiger partial charge in [-0.05, 0) is 50.4 Å². The van der Waals surface area contributed by atoms with Gasteiger partial charge in [0.25, 0.3) is 0 Å². The van der Waals surface area contributed by atoms with Crippen LogP contribution in [0.2, 0.25) is 0 Å². The van der Waals surface area contributed by atoms with Crippen molar-refractivity contribution in [1.82, 2.24) is 5.32 Å². The van der Waals surface area contributed by atoms with Crippen molar-refractivity contribution >= 4 is 0 Å². The van der Waals surface area contributed by atoms with Crippen LogP contribution in [-0.4, -0.2) is 19.2 Å². The maximum Gasteiger partial charge on any atom is 0.122 e. The first kappa shape index (κ1) is 10.5. The van der Waals surface area contributed by atoms with E-state index in [9.17, 15) is 0 Å². The Morgan fingerprint density at radius 1 is 1.40 bits per heavy atom. The smallest absolute Gasteiger partial charge is 0.122 e. The Morgan fingerprint density at radius 2 is 2.27 bits per heavy atom. The highest BCUT2D eigenvalue weighted by Crippen LogP contribution is 2.19. The molecule has 0 saturated carbocycles. The van der Waals surface area contributed by atoms with Crippen molar-refractivity contribution in [3.63, 3.8) is 0 Å². The van der Waals surface area contributed by atoms with Gasteiger partial charge in [0.1, 0.15) is 12.4 Å². The second-order valence-electron chi connectivity index (χ2n) is 4.37. The molecule has 82 valence electrons. The molecule has 2 rings (SSSR count). The van der Waals surface area contributed by atoms with Gasteiger partial charge in [0.15, 0.2) is 0 Å². The highest BCUT2D eigenvalue weighted by atomic mass is 16.5. The molecule has 1 atom stereocenters. The third-order valence-electron chi connectivity index (χ3n) is 2.95. The Balaban J connectivity index is 1.94. The summed E-state index contributed by atoms with van der Waals surface area (Å²) in [6.07, 6.45) is 2.52. The highest BCUT2D eigenvalue weighted by Gasteiger charge is 2.14. The summed E-state index contributed by atoms with van der Waals surface area (Å²) in [5, 5.41) is 3.44. The molecular formula is C13H19NO. The third-order valence-corrected chi connectivity index (χ3v) is 2.95. The first-order valence-electron chi connectivity index (χ1n) is 5.69. The van der Waals surface area contributed by atoms with Gasteiger partial charge in [-0.3, -0.25) is 0 Å². The van der Waals surface area contributed by atoms with Gasteiger partial charge in [-0.25, -0.2) is 0 Å². The van der Waals surface area contributed by atoms with Gasteiger partial charge < -0.3 is 10.1 Å². The molecule has 0 amide bonds. The van der Waals surface area contributed by atoms with Gasteiger partial charge in [-0.1, -0.05) is 12.1 Å². The van der Waals surface area contributed by atoms with Crippen LogP contribution in [-0.2, 0) is 0 Å². The molecule has 1 N–H and O–H groups in total. The maximum atomic E-state index is 5.84. The van der Waals surface area contributed by atoms with Crippen LogP contribution in [0.1, 0.15) is 24.0 Å². The maximum absolute atomic E-state index is 5.84. The van der Waals surface area contributed by atoms with Crippen LogP contribution in [0, 0.1) is 13.8 Å². The summed E-state index contributed by atoms with van der Waals surface area (Å²) in [6.45, 7) is 6.13. The van der Waals surface area contributed by atoms with Gasteiger partial charge in [0.05, 0.1) is 0 Å². The van der Waals surface area contributed by atoms with Crippen LogP contribution in [0.25, 0.3) is 0 Å². The Hall–Kier alpha value is -1.02. The second kappa shape index (κ2) is 4.67. The molecule has 1 aliphatic rings. The van der Waals surface area contributed by atoms with E-state index < -0.39 is 0 Å². The van der Waals surface area contributed by atoms with Gasteiger partial charge in [-0.15, -0.1) is 0 Å². The van der Waals surface area contributed by atoms with Gasteiger partial charge in [0, 0.05) is 6.04 Å². The fraction of sp³-hybridized carbons (Fsp3) is 0.538. The average molecular weight is 205 g/mol. The predicted molar refractivity (Wildman–Crippen MR) is 62.4 cm³/mol. The zero-order valence-corrected chi connectivity index (χ0v) is 9.55. The molecule has 1 aliphatic heterocycles. The first-order valence-corrected chi connectivity index (χ1v) is 5.69. The molecule has 0 unspecified atom stereocenters. The summed E-state index contributed by atoms with van der Waals surface area (Å²) < 4.78 is 5.84. The van der Waals surface area contributed by atoms with Crippen LogP contribution in [0.4, 0.5) is 0 Å². The third kappa shape index (κ3) is 2.72. The van der Waals surface area contributed by atoms with Crippen LogP contribution < -0.4 is 10.1 Å². The molecule has 0 aromatic heterocycles. The molecule has 1 aromatic carbocycles.